The predicted octanol–water partition coefficient (Wildman–Crippen LogP) is 4.19. The maximum absolute atomic E-state index is 10.8. The quantitative estimate of drug-likeness (QED) is 0.623. The van der Waals surface area contributed by atoms with Crippen LogP contribution in [0.25, 0.3) is 0 Å². The average Bonchev–Trinajstić information content (AvgIpc) is 2.48. The van der Waals surface area contributed by atoms with Gasteiger partial charge >= 0.3 is 5.97 Å². The molecule has 124 valence electrons. The lowest BCUT2D eigenvalue weighted by Crippen LogP contribution is -2.28. The number of anilines is 1. The Morgan fingerprint density at radius 3 is 2.45 bits per heavy atom. The molecule has 0 saturated carbocycles. The molecule has 1 rings (SSSR count). The molecule has 0 spiro atoms. The zero-order valence-electron chi connectivity index (χ0n) is 14.0. The molecule has 0 bridgehead atoms. The maximum atomic E-state index is 10.8. The lowest BCUT2D eigenvalue weighted by molar-refractivity contribution is -0.136. The van der Waals surface area contributed by atoms with E-state index in [9.17, 15) is 4.79 Å². The number of unbranched alkanes of at least 4 members (excludes halogenated alkanes) is 1. The number of aliphatic carboxylic acids is 1. The zero-order chi connectivity index (χ0) is 16.4. The highest BCUT2D eigenvalue weighted by atomic mass is 16.5. The smallest absolute Gasteiger partial charge is 0.305 e. The second-order valence-corrected chi connectivity index (χ2v) is 6.01. The van der Waals surface area contributed by atoms with Crippen molar-refractivity contribution in [3.05, 3.63) is 24.3 Å². The van der Waals surface area contributed by atoms with Gasteiger partial charge in [0, 0.05) is 18.8 Å². The first-order chi connectivity index (χ1) is 10.5. The Kier molecular flexibility index (Phi) is 8.41. The summed E-state index contributed by atoms with van der Waals surface area (Å²) >= 11 is 0. The molecule has 22 heavy (non-hydrogen) atoms. The zero-order valence-corrected chi connectivity index (χ0v) is 14.0. The summed E-state index contributed by atoms with van der Waals surface area (Å²) in [6, 6.07) is 7.97. The van der Waals surface area contributed by atoms with Gasteiger partial charge in [-0.2, -0.15) is 0 Å². The van der Waals surface area contributed by atoms with E-state index in [1.54, 1.807) is 0 Å². The van der Waals surface area contributed by atoms with Crippen LogP contribution < -0.4 is 9.64 Å². The van der Waals surface area contributed by atoms with Crippen molar-refractivity contribution in [2.45, 2.75) is 46.5 Å². The number of nitrogens with zero attached hydrogens (tertiary/aromatic N) is 1. The highest BCUT2D eigenvalue weighted by Gasteiger charge is 2.10. The fraction of sp³-hybridized carbons (Fsp3) is 0.611. The van der Waals surface area contributed by atoms with Gasteiger partial charge < -0.3 is 14.7 Å². The third-order valence-electron chi connectivity index (χ3n) is 3.54. The minimum atomic E-state index is -0.755. The highest BCUT2D eigenvalue weighted by Crippen LogP contribution is 2.21. The molecule has 0 atom stereocenters. The first kappa shape index (κ1) is 18.3. The summed E-state index contributed by atoms with van der Waals surface area (Å²) in [5.74, 6) is 0.720. The van der Waals surface area contributed by atoms with Gasteiger partial charge in [-0.15, -0.1) is 0 Å². The van der Waals surface area contributed by atoms with Crippen LogP contribution in [-0.2, 0) is 4.79 Å². The number of rotatable bonds is 11. The van der Waals surface area contributed by atoms with Gasteiger partial charge in [-0.05, 0) is 43.0 Å². The molecule has 1 N–H and O–H groups in total. The first-order valence-corrected chi connectivity index (χ1v) is 8.22. The standard InChI is InChI=1S/C18H29NO3/c1-4-5-14-22-17-8-6-16(7-9-17)19(12-10-15(2)3)13-11-18(20)21/h6-9,15H,4-5,10-14H2,1-3H3,(H,20,21). The SMILES string of the molecule is CCCCOc1ccc(N(CCC(=O)O)CCC(C)C)cc1. The maximum Gasteiger partial charge on any atom is 0.305 e. The Morgan fingerprint density at radius 2 is 1.91 bits per heavy atom. The van der Waals surface area contributed by atoms with Crippen molar-refractivity contribution >= 4 is 11.7 Å². The van der Waals surface area contributed by atoms with E-state index in [-0.39, 0.29) is 6.42 Å². The molecule has 0 amide bonds. The number of hydrogen-bond donors (Lipinski definition) is 1. The second kappa shape index (κ2) is 10.1. The summed E-state index contributed by atoms with van der Waals surface area (Å²) in [6.45, 7) is 8.66. The van der Waals surface area contributed by atoms with Crippen LogP contribution in [0.4, 0.5) is 5.69 Å². The molecule has 1 aromatic carbocycles. The van der Waals surface area contributed by atoms with E-state index in [4.69, 9.17) is 9.84 Å². The Balaban J connectivity index is 2.64. The molecule has 0 saturated heterocycles. The molecule has 0 fully saturated rings. The fourth-order valence-corrected chi connectivity index (χ4v) is 2.10. The molecule has 4 nitrogen and oxygen atoms in total. The van der Waals surface area contributed by atoms with Gasteiger partial charge in [0.05, 0.1) is 13.0 Å². The summed E-state index contributed by atoms with van der Waals surface area (Å²) in [4.78, 5) is 13.0. The van der Waals surface area contributed by atoms with E-state index in [0.29, 0.717) is 12.5 Å². The van der Waals surface area contributed by atoms with E-state index in [1.807, 2.05) is 24.3 Å². The Labute approximate surface area is 134 Å². The van der Waals surface area contributed by atoms with Crippen molar-refractivity contribution in [2.24, 2.45) is 5.92 Å². The van der Waals surface area contributed by atoms with Crippen molar-refractivity contribution in [3.63, 3.8) is 0 Å². The fourth-order valence-electron chi connectivity index (χ4n) is 2.10. The number of carboxylic acid groups (broad SMARTS) is 1. The highest BCUT2D eigenvalue weighted by molar-refractivity contribution is 5.67. The number of hydrogen-bond acceptors (Lipinski definition) is 3. The van der Waals surface area contributed by atoms with E-state index in [1.165, 1.54) is 0 Å². The van der Waals surface area contributed by atoms with E-state index >= 15 is 0 Å². The molecule has 0 aliphatic heterocycles. The van der Waals surface area contributed by atoms with Crippen LogP contribution in [0.2, 0.25) is 0 Å². The molecule has 0 aliphatic rings. The van der Waals surface area contributed by atoms with Crippen LogP contribution in [0.5, 0.6) is 5.75 Å². The topological polar surface area (TPSA) is 49.8 Å². The molecular weight excluding hydrogens is 278 g/mol. The van der Waals surface area contributed by atoms with Crippen molar-refractivity contribution in [3.8, 4) is 5.75 Å². The number of ether oxygens (including phenoxy) is 1. The van der Waals surface area contributed by atoms with Gasteiger partial charge in [-0.25, -0.2) is 0 Å². The summed E-state index contributed by atoms with van der Waals surface area (Å²) < 4.78 is 5.66. The van der Waals surface area contributed by atoms with Crippen molar-refractivity contribution in [1.82, 2.24) is 0 Å². The van der Waals surface area contributed by atoms with Crippen LogP contribution in [0.3, 0.4) is 0 Å². The summed E-state index contributed by atoms with van der Waals surface area (Å²) in [5, 5.41) is 8.90. The number of carbonyl (C=O) groups is 1. The number of benzene rings is 1. The van der Waals surface area contributed by atoms with Gasteiger partial charge in [0.1, 0.15) is 5.75 Å². The van der Waals surface area contributed by atoms with E-state index in [2.05, 4.69) is 25.7 Å². The van der Waals surface area contributed by atoms with Gasteiger partial charge in [-0.1, -0.05) is 27.2 Å². The summed E-state index contributed by atoms with van der Waals surface area (Å²) in [6.07, 6.45) is 3.39. The van der Waals surface area contributed by atoms with Crippen LogP contribution >= 0.6 is 0 Å². The summed E-state index contributed by atoms with van der Waals surface area (Å²) in [5.41, 5.74) is 1.06. The Hall–Kier alpha value is -1.71. The van der Waals surface area contributed by atoms with Gasteiger partial charge in [-0.3, -0.25) is 4.79 Å². The molecule has 0 aromatic heterocycles. The minimum absolute atomic E-state index is 0.160. The molecule has 0 heterocycles. The van der Waals surface area contributed by atoms with Crippen LogP contribution in [0, 0.1) is 5.92 Å². The normalized spacial score (nSPS) is 10.7. The number of carboxylic acids is 1. The first-order valence-electron chi connectivity index (χ1n) is 8.22. The van der Waals surface area contributed by atoms with Crippen molar-refractivity contribution in [2.75, 3.05) is 24.6 Å². The molecular formula is C18H29NO3. The predicted molar refractivity (Wildman–Crippen MR) is 90.8 cm³/mol. The van der Waals surface area contributed by atoms with E-state index in [0.717, 1.165) is 43.9 Å². The van der Waals surface area contributed by atoms with Crippen molar-refractivity contribution < 1.29 is 14.6 Å². The minimum Gasteiger partial charge on any atom is -0.494 e. The molecule has 0 unspecified atom stereocenters. The van der Waals surface area contributed by atoms with Crippen LogP contribution in [0.1, 0.15) is 46.5 Å². The summed E-state index contributed by atoms with van der Waals surface area (Å²) in [7, 11) is 0. The second-order valence-electron chi connectivity index (χ2n) is 6.01. The van der Waals surface area contributed by atoms with Gasteiger partial charge in [0.25, 0.3) is 0 Å². The third-order valence-corrected chi connectivity index (χ3v) is 3.54. The Morgan fingerprint density at radius 1 is 1.23 bits per heavy atom. The van der Waals surface area contributed by atoms with Crippen molar-refractivity contribution in [1.29, 1.82) is 0 Å². The lowest BCUT2D eigenvalue weighted by Gasteiger charge is -2.25. The van der Waals surface area contributed by atoms with Gasteiger partial charge in [0.2, 0.25) is 0 Å². The molecule has 0 radical (unpaired) electrons. The molecule has 0 aliphatic carbocycles. The molecule has 1 aromatic rings. The van der Waals surface area contributed by atoms with Gasteiger partial charge in [0.15, 0.2) is 0 Å². The average molecular weight is 307 g/mol. The third kappa shape index (κ3) is 7.34. The van der Waals surface area contributed by atoms with Crippen LogP contribution in [0.15, 0.2) is 24.3 Å². The molecule has 4 heteroatoms. The monoisotopic (exact) mass is 307 g/mol. The van der Waals surface area contributed by atoms with E-state index < -0.39 is 5.97 Å². The van der Waals surface area contributed by atoms with Crippen LogP contribution in [-0.4, -0.2) is 30.8 Å². The lowest BCUT2D eigenvalue weighted by atomic mass is 10.1. The largest absolute Gasteiger partial charge is 0.494 e. The Bertz CT molecular complexity index is 428.